The molecule has 0 aromatic carbocycles. The molecule has 15 nitrogen and oxygen atoms in total. The lowest BCUT2D eigenvalue weighted by atomic mass is 10.1. The molecule has 1 saturated carbocycles. The van der Waals surface area contributed by atoms with Crippen molar-refractivity contribution in [3.8, 4) is 0 Å². The van der Waals surface area contributed by atoms with Crippen molar-refractivity contribution in [1.82, 2.24) is 24.8 Å². The van der Waals surface area contributed by atoms with Gasteiger partial charge in [0.05, 0.1) is 12.9 Å². The number of rotatable bonds is 8. The molecule has 2 aliphatic rings. The number of aliphatic carboxylic acids is 1. The van der Waals surface area contributed by atoms with Gasteiger partial charge in [-0.05, 0) is 12.8 Å². The third kappa shape index (κ3) is 5.35. The van der Waals surface area contributed by atoms with Crippen molar-refractivity contribution >= 4 is 36.6 Å². The molecular formula is C18H25N6O9P. The SMILES string of the molecule is O=C(O)CP(=O)(O)OC[C@H]1O[C@@H](n2cnc3c(NC(=O)NC4CCCC4)ncnc32)[C@@H](O)C1O. The van der Waals surface area contributed by atoms with Crippen LogP contribution in [0.4, 0.5) is 10.6 Å². The number of ether oxygens (including phenoxy) is 1. The van der Waals surface area contributed by atoms with Gasteiger partial charge >= 0.3 is 19.6 Å². The van der Waals surface area contributed by atoms with Gasteiger partial charge in [0.15, 0.2) is 23.2 Å². The number of imidazole rings is 1. The van der Waals surface area contributed by atoms with Gasteiger partial charge in [-0.25, -0.2) is 19.7 Å². The molecule has 0 bridgehead atoms. The highest BCUT2D eigenvalue weighted by molar-refractivity contribution is 7.53. The van der Waals surface area contributed by atoms with Crippen LogP contribution >= 0.6 is 7.60 Å². The molecule has 3 heterocycles. The molecule has 5 atom stereocenters. The van der Waals surface area contributed by atoms with E-state index < -0.39 is 56.9 Å². The van der Waals surface area contributed by atoms with Crippen LogP contribution in [-0.2, 0) is 18.6 Å². The minimum absolute atomic E-state index is 0.0993. The number of amides is 2. The number of aromatic nitrogens is 4. The molecule has 4 rings (SSSR count). The zero-order valence-corrected chi connectivity index (χ0v) is 18.7. The molecule has 2 aromatic heterocycles. The Morgan fingerprint density at radius 2 is 1.94 bits per heavy atom. The fourth-order valence-corrected chi connectivity index (χ4v) is 4.84. The summed E-state index contributed by atoms with van der Waals surface area (Å²) in [5.41, 5.74) is 0.415. The quantitative estimate of drug-likeness (QED) is 0.260. The van der Waals surface area contributed by atoms with Crippen LogP contribution < -0.4 is 10.6 Å². The van der Waals surface area contributed by atoms with Crippen LogP contribution in [0.3, 0.4) is 0 Å². The zero-order valence-electron chi connectivity index (χ0n) is 17.9. The summed E-state index contributed by atoms with van der Waals surface area (Å²) >= 11 is 0. The Bertz CT molecular complexity index is 1110. The van der Waals surface area contributed by atoms with Crippen molar-refractivity contribution in [1.29, 1.82) is 0 Å². The number of anilines is 1. The van der Waals surface area contributed by atoms with E-state index in [0.29, 0.717) is 0 Å². The lowest BCUT2D eigenvalue weighted by Crippen LogP contribution is -2.36. The van der Waals surface area contributed by atoms with Crippen LogP contribution in [0.1, 0.15) is 31.9 Å². The highest BCUT2D eigenvalue weighted by Gasteiger charge is 2.45. The first-order chi connectivity index (χ1) is 16.1. The lowest BCUT2D eigenvalue weighted by Gasteiger charge is -2.17. The number of carbonyl (C=O) groups is 2. The number of aliphatic hydroxyl groups excluding tert-OH is 2. The summed E-state index contributed by atoms with van der Waals surface area (Å²) in [4.78, 5) is 44.9. The lowest BCUT2D eigenvalue weighted by molar-refractivity contribution is -0.134. The van der Waals surface area contributed by atoms with Crippen molar-refractivity contribution < 1.29 is 43.6 Å². The first-order valence-corrected chi connectivity index (χ1v) is 12.4. The predicted octanol–water partition coefficient (Wildman–Crippen LogP) is -0.204. The van der Waals surface area contributed by atoms with Crippen LogP contribution in [0.5, 0.6) is 0 Å². The zero-order chi connectivity index (χ0) is 24.5. The van der Waals surface area contributed by atoms with Gasteiger partial charge in [0.1, 0.15) is 30.8 Å². The number of fused-ring (bicyclic) bond motifs is 1. The third-order valence-electron chi connectivity index (χ3n) is 5.67. The average Bonchev–Trinajstić information content (AvgIpc) is 3.47. The summed E-state index contributed by atoms with van der Waals surface area (Å²) in [6.07, 6.45) is -0.124. The summed E-state index contributed by atoms with van der Waals surface area (Å²) in [6.45, 7) is -0.633. The maximum absolute atomic E-state index is 12.3. The molecule has 0 spiro atoms. The molecule has 2 aromatic rings. The molecule has 186 valence electrons. The Kier molecular flexibility index (Phi) is 7.12. The van der Waals surface area contributed by atoms with Gasteiger partial charge in [-0.15, -0.1) is 0 Å². The van der Waals surface area contributed by atoms with Crippen molar-refractivity contribution in [2.45, 2.75) is 56.3 Å². The number of hydrogen-bond acceptors (Lipinski definition) is 10. The fourth-order valence-electron chi connectivity index (χ4n) is 4.03. The summed E-state index contributed by atoms with van der Waals surface area (Å²) in [5.74, 6) is -1.38. The molecule has 34 heavy (non-hydrogen) atoms. The van der Waals surface area contributed by atoms with Gasteiger partial charge in [0.25, 0.3) is 0 Å². The summed E-state index contributed by atoms with van der Waals surface area (Å²) in [7, 11) is -4.46. The summed E-state index contributed by atoms with van der Waals surface area (Å²) in [5, 5.41) is 35.0. The Morgan fingerprint density at radius 1 is 1.21 bits per heavy atom. The number of aliphatic hydroxyl groups is 2. The number of urea groups is 1. The molecule has 2 amide bonds. The van der Waals surface area contributed by atoms with E-state index in [9.17, 15) is 29.3 Å². The topological polar surface area (TPSA) is 218 Å². The molecule has 0 radical (unpaired) electrons. The van der Waals surface area contributed by atoms with E-state index in [1.807, 2.05) is 0 Å². The van der Waals surface area contributed by atoms with Crippen molar-refractivity contribution in [3.05, 3.63) is 12.7 Å². The Hall–Kier alpha value is -2.68. The molecule has 6 N–H and O–H groups in total. The van der Waals surface area contributed by atoms with Gasteiger partial charge in [0.2, 0.25) is 0 Å². The molecule has 1 aliphatic carbocycles. The molecule has 2 unspecified atom stereocenters. The van der Waals surface area contributed by atoms with E-state index >= 15 is 0 Å². The maximum Gasteiger partial charge on any atom is 0.339 e. The van der Waals surface area contributed by atoms with Gasteiger partial charge < -0.3 is 34.8 Å². The van der Waals surface area contributed by atoms with Crippen LogP contribution in [-0.4, -0.2) is 88.9 Å². The van der Waals surface area contributed by atoms with Crippen molar-refractivity contribution in [2.75, 3.05) is 18.1 Å². The first kappa shape index (κ1) is 24.4. The summed E-state index contributed by atoms with van der Waals surface area (Å²) < 4.78 is 23.4. The van der Waals surface area contributed by atoms with E-state index in [0.717, 1.165) is 25.7 Å². The van der Waals surface area contributed by atoms with Gasteiger partial charge in [-0.3, -0.25) is 19.2 Å². The highest BCUT2D eigenvalue weighted by Crippen LogP contribution is 2.43. The normalized spacial score (nSPS) is 27.0. The second-order valence-corrected chi connectivity index (χ2v) is 10.0. The van der Waals surface area contributed by atoms with Crippen LogP contribution in [0, 0.1) is 0 Å². The minimum atomic E-state index is -4.46. The minimum Gasteiger partial charge on any atom is -0.481 e. The molecule has 1 saturated heterocycles. The first-order valence-electron chi connectivity index (χ1n) is 10.6. The third-order valence-corrected chi connectivity index (χ3v) is 6.89. The fraction of sp³-hybridized carbons (Fsp3) is 0.611. The van der Waals surface area contributed by atoms with E-state index in [1.165, 1.54) is 17.2 Å². The number of hydrogen-bond donors (Lipinski definition) is 6. The van der Waals surface area contributed by atoms with Crippen molar-refractivity contribution in [2.24, 2.45) is 0 Å². The van der Waals surface area contributed by atoms with Crippen LogP contribution in [0.25, 0.3) is 11.2 Å². The molecule has 1 aliphatic heterocycles. The highest BCUT2D eigenvalue weighted by atomic mass is 31.2. The number of carboxylic acid groups (broad SMARTS) is 1. The second-order valence-electron chi connectivity index (χ2n) is 8.16. The van der Waals surface area contributed by atoms with E-state index in [2.05, 4.69) is 25.6 Å². The Morgan fingerprint density at radius 3 is 2.65 bits per heavy atom. The number of nitrogens with zero attached hydrogens (tertiary/aromatic N) is 4. The van der Waals surface area contributed by atoms with E-state index in [-0.39, 0.29) is 23.0 Å². The van der Waals surface area contributed by atoms with Crippen LogP contribution in [0.15, 0.2) is 12.7 Å². The number of carbonyl (C=O) groups excluding carboxylic acids is 1. The molecule has 16 heteroatoms. The second kappa shape index (κ2) is 9.90. The predicted molar refractivity (Wildman–Crippen MR) is 114 cm³/mol. The number of nitrogens with one attached hydrogen (secondary N) is 2. The number of carboxylic acids is 1. The average molecular weight is 500 g/mol. The van der Waals surface area contributed by atoms with Gasteiger partial charge in [0, 0.05) is 6.04 Å². The summed E-state index contributed by atoms with van der Waals surface area (Å²) in [6, 6.07) is -0.330. The van der Waals surface area contributed by atoms with E-state index in [4.69, 9.17) is 14.4 Å². The van der Waals surface area contributed by atoms with Crippen molar-refractivity contribution in [3.63, 3.8) is 0 Å². The molecular weight excluding hydrogens is 475 g/mol. The van der Waals surface area contributed by atoms with E-state index in [1.54, 1.807) is 0 Å². The Balaban J connectivity index is 1.46. The Labute approximate surface area is 192 Å². The monoisotopic (exact) mass is 500 g/mol. The molecule has 2 fully saturated rings. The van der Waals surface area contributed by atoms with Gasteiger partial charge in [-0.1, -0.05) is 12.8 Å². The maximum atomic E-state index is 12.3. The standard InChI is InChI=1S/C18H25N6O9P/c25-11(26)6-34(30,31)32-5-10-13(27)14(28)17(33-10)24-8-21-12-15(19-7-20-16(12)24)23-18(29)22-9-3-1-2-4-9/h7-10,13-14,17,27-28H,1-6H2,(H,25,26)(H,30,31)(H2,19,20,22,23,29)/t10-,13?,14+,17-/m1/s1. The van der Waals surface area contributed by atoms with Gasteiger partial charge in [-0.2, -0.15) is 0 Å². The van der Waals surface area contributed by atoms with Crippen LogP contribution in [0.2, 0.25) is 0 Å². The smallest absolute Gasteiger partial charge is 0.339 e. The largest absolute Gasteiger partial charge is 0.481 e.